The minimum atomic E-state index is -3.28. The van der Waals surface area contributed by atoms with Crippen molar-refractivity contribution < 1.29 is 17.3 Å². The minimum absolute atomic E-state index is 0.00488. The van der Waals surface area contributed by atoms with Crippen LogP contribution < -0.4 is 0 Å². The largest absolute Gasteiger partial charge is 0.376 e. The van der Waals surface area contributed by atoms with Gasteiger partial charge >= 0.3 is 0 Å². The van der Waals surface area contributed by atoms with Gasteiger partial charge in [-0.3, -0.25) is 4.18 Å². The molecule has 0 bridgehead atoms. The van der Waals surface area contributed by atoms with E-state index in [0.717, 1.165) is 19.3 Å². The zero-order valence-electron chi connectivity index (χ0n) is 5.74. The van der Waals surface area contributed by atoms with E-state index < -0.39 is 10.1 Å². The third kappa shape index (κ3) is 2.64. The summed E-state index contributed by atoms with van der Waals surface area (Å²) in [5.74, 6) is 0. The zero-order chi connectivity index (χ0) is 7.61. The molecule has 0 radical (unpaired) electrons. The predicted octanol–water partition coefficient (Wildman–Crippen LogP) is -0.248. The van der Waals surface area contributed by atoms with Gasteiger partial charge < -0.3 is 4.74 Å². The molecule has 1 rings (SSSR count). The fraction of sp³-hybridized carbons (Fsp3) is 1.00. The lowest BCUT2D eigenvalue weighted by atomic mass is 10.2. The van der Waals surface area contributed by atoms with E-state index in [-0.39, 0.29) is 12.7 Å². The molecule has 0 amide bonds. The van der Waals surface area contributed by atoms with Crippen molar-refractivity contribution in [2.45, 2.75) is 12.5 Å². The number of hydrogen-bond acceptors (Lipinski definition) is 4. The Kier molecular flexibility index (Phi) is 2.28. The molecule has 1 saturated heterocycles. The molecule has 0 aromatic heterocycles. The fourth-order valence-electron chi connectivity index (χ4n) is 0.615. The molecule has 60 valence electrons. The monoisotopic (exact) mass is 166 g/mol. The summed E-state index contributed by atoms with van der Waals surface area (Å²) in [7, 11) is -3.28. The molecule has 1 aliphatic heterocycles. The number of ether oxygens (including phenoxy) is 1. The molecule has 0 aromatic carbocycles. The normalized spacial score (nSPS) is 25.9. The van der Waals surface area contributed by atoms with Crippen LogP contribution in [0.15, 0.2) is 0 Å². The molecule has 0 N–H and O–H groups in total. The van der Waals surface area contributed by atoms with Gasteiger partial charge in [-0.25, -0.2) is 0 Å². The molecule has 0 spiro atoms. The molecule has 0 aromatic rings. The van der Waals surface area contributed by atoms with Gasteiger partial charge in [0.15, 0.2) is 0 Å². The highest BCUT2D eigenvalue weighted by atomic mass is 32.2. The second-order valence-electron chi connectivity index (χ2n) is 2.27. The Balaban J connectivity index is 2.16. The Labute approximate surface area is 60.3 Å². The van der Waals surface area contributed by atoms with Crippen LogP contribution in [0.3, 0.4) is 0 Å². The molecule has 1 aliphatic rings. The summed E-state index contributed by atoms with van der Waals surface area (Å²) in [4.78, 5) is 0. The van der Waals surface area contributed by atoms with Crippen molar-refractivity contribution >= 4 is 10.1 Å². The van der Waals surface area contributed by atoms with Crippen LogP contribution in [0.25, 0.3) is 0 Å². The first kappa shape index (κ1) is 7.97. The smallest absolute Gasteiger partial charge is 0.264 e. The average Bonchev–Trinajstić information content (AvgIpc) is 1.56. The van der Waals surface area contributed by atoms with E-state index >= 15 is 0 Å². The first-order chi connectivity index (χ1) is 4.58. The number of rotatable bonds is 3. The van der Waals surface area contributed by atoms with E-state index in [4.69, 9.17) is 4.74 Å². The highest BCUT2D eigenvalue weighted by Crippen LogP contribution is 2.11. The molecule has 4 nitrogen and oxygen atoms in total. The number of hydrogen-bond donors (Lipinski definition) is 0. The standard InChI is InChI=1S/C5H10O4S/c1-10(6,7)9-4-5-2-3-8-5/h5H,2-4H2,1H3/t5-/m1/s1. The Morgan fingerprint density at radius 3 is 2.60 bits per heavy atom. The third-order valence-corrected chi connectivity index (χ3v) is 1.83. The molecule has 1 fully saturated rings. The summed E-state index contributed by atoms with van der Waals surface area (Å²) in [6, 6.07) is 0. The average molecular weight is 166 g/mol. The summed E-state index contributed by atoms with van der Waals surface area (Å²) < 4.78 is 30.2. The van der Waals surface area contributed by atoms with Gasteiger partial charge in [0, 0.05) is 6.61 Å². The lowest BCUT2D eigenvalue weighted by molar-refractivity contribution is -0.0709. The Morgan fingerprint density at radius 2 is 2.30 bits per heavy atom. The van der Waals surface area contributed by atoms with E-state index in [1.165, 1.54) is 0 Å². The van der Waals surface area contributed by atoms with Gasteiger partial charge in [-0.15, -0.1) is 0 Å². The highest BCUT2D eigenvalue weighted by molar-refractivity contribution is 7.85. The second-order valence-corrected chi connectivity index (χ2v) is 3.91. The maximum atomic E-state index is 10.4. The van der Waals surface area contributed by atoms with Crippen molar-refractivity contribution in [2.24, 2.45) is 0 Å². The molecule has 1 heterocycles. The van der Waals surface area contributed by atoms with Crippen LogP contribution in [0.4, 0.5) is 0 Å². The summed E-state index contributed by atoms with van der Waals surface area (Å²) in [6.07, 6.45) is 1.93. The maximum absolute atomic E-state index is 10.4. The quantitative estimate of drug-likeness (QED) is 0.542. The summed E-state index contributed by atoms with van der Waals surface area (Å²) in [6.45, 7) is 0.886. The summed E-state index contributed by atoms with van der Waals surface area (Å²) in [5.41, 5.74) is 0. The first-order valence-corrected chi connectivity index (χ1v) is 4.85. The molecule has 0 saturated carbocycles. The van der Waals surface area contributed by atoms with Crippen LogP contribution >= 0.6 is 0 Å². The van der Waals surface area contributed by atoms with Gasteiger partial charge in [0.1, 0.15) is 0 Å². The fourth-order valence-corrected chi connectivity index (χ4v) is 1.01. The molecule has 5 heteroatoms. The van der Waals surface area contributed by atoms with Crippen LogP contribution in [0, 0.1) is 0 Å². The Morgan fingerprint density at radius 1 is 1.70 bits per heavy atom. The maximum Gasteiger partial charge on any atom is 0.264 e. The van der Waals surface area contributed by atoms with Crippen LogP contribution in [0.1, 0.15) is 6.42 Å². The third-order valence-electron chi connectivity index (χ3n) is 1.26. The van der Waals surface area contributed by atoms with Crippen molar-refractivity contribution in [1.82, 2.24) is 0 Å². The van der Waals surface area contributed by atoms with E-state index in [0.29, 0.717) is 0 Å². The molecule has 0 aliphatic carbocycles. The van der Waals surface area contributed by atoms with Crippen molar-refractivity contribution in [3.63, 3.8) is 0 Å². The Hall–Kier alpha value is -0.130. The van der Waals surface area contributed by atoms with Crippen molar-refractivity contribution in [2.75, 3.05) is 19.5 Å². The minimum Gasteiger partial charge on any atom is -0.376 e. The van der Waals surface area contributed by atoms with Gasteiger partial charge in [-0.2, -0.15) is 8.42 Å². The highest BCUT2D eigenvalue weighted by Gasteiger charge is 2.19. The predicted molar refractivity (Wildman–Crippen MR) is 35.2 cm³/mol. The molecule has 10 heavy (non-hydrogen) atoms. The molecular weight excluding hydrogens is 156 g/mol. The van der Waals surface area contributed by atoms with E-state index in [2.05, 4.69) is 4.18 Å². The lowest BCUT2D eigenvalue weighted by Gasteiger charge is -2.25. The Bertz CT molecular complexity index is 192. The molecule has 1 atom stereocenters. The second kappa shape index (κ2) is 2.86. The topological polar surface area (TPSA) is 52.6 Å². The van der Waals surface area contributed by atoms with Crippen molar-refractivity contribution in [3.05, 3.63) is 0 Å². The van der Waals surface area contributed by atoms with Gasteiger partial charge in [0.05, 0.1) is 19.0 Å². The van der Waals surface area contributed by atoms with E-state index in [1.54, 1.807) is 0 Å². The van der Waals surface area contributed by atoms with Gasteiger partial charge in [-0.05, 0) is 6.42 Å². The molecular formula is C5H10O4S. The van der Waals surface area contributed by atoms with Crippen LogP contribution in [0.5, 0.6) is 0 Å². The van der Waals surface area contributed by atoms with Crippen molar-refractivity contribution in [1.29, 1.82) is 0 Å². The van der Waals surface area contributed by atoms with E-state index in [9.17, 15) is 8.42 Å². The zero-order valence-corrected chi connectivity index (χ0v) is 6.56. The van der Waals surface area contributed by atoms with Gasteiger partial charge in [0.25, 0.3) is 10.1 Å². The SMILES string of the molecule is CS(=O)(=O)OC[C@H]1CCO1. The van der Waals surface area contributed by atoms with Crippen LogP contribution in [-0.2, 0) is 19.0 Å². The van der Waals surface area contributed by atoms with Gasteiger partial charge in [0.2, 0.25) is 0 Å². The van der Waals surface area contributed by atoms with Crippen LogP contribution in [0.2, 0.25) is 0 Å². The summed E-state index contributed by atoms with van der Waals surface area (Å²) in [5, 5.41) is 0. The first-order valence-electron chi connectivity index (χ1n) is 3.04. The lowest BCUT2D eigenvalue weighted by Crippen LogP contribution is -2.32. The molecule has 0 unspecified atom stereocenters. The van der Waals surface area contributed by atoms with Gasteiger partial charge in [-0.1, -0.05) is 0 Å². The van der Waals surface area contributed by atoms with Crippen molar-refractivity contribution in [3.8, 4) is 0 Å². The van der Waals surface area contributed by atoms with E-state index in [1.807, 2.05) is 0 Å². The summed E-state index contributed by atoms with van der Waals surface area (Å²) >= 11 is 0. The van der Waals surface area contributed by atoms with Crippen LogP contribution in [-0.4, -0.2) is 34.0 Å².